The highest BCUT2D eigenvalue weighted by Gasteiger charge is 2.03. The lowest BCUT2D eigenvalue weighted by Gasteiger charge is -2.21. The van der Waals surface area contributed by atoms with Crippen LogP contribution in [-0.4, -0.2) is 55.6 Å². The van der Waals surface area contributed by atoms with E-state index in [0.717, 1.165) is 37.7 Å². The molecule has 0 radical (unpaired) electrons. The van der Waals surface area contributed by atoms with E-state index in [2.05, 4.69) is 46.4 Å². The van der Waals surface area contributed by atoms with Crippen molar-refractivity contribution in [2.45, 2.75) is 26.3 Å². The minimum absolute atomic E-state index is 0.566. The largest absolute Gasteiger partial charge is 0.356 e. The second-order valence-electron chi connectivity index (χ2n) is 5.07. The Morgan fingerprint density at radius 2 is 2.05 bits per heavy atom. The van der Waals surface area contributed by atoms with Crippen LogP contribution in [-0.2, 0) is 6.42 Å². The van der Waals surface area contributed by atoms with E-state index in [-0.39, 0.29) is 0 Å². The molecule has 0 aliphatic rings. The fourth-order valence-corrected chi connectivity index (χ4v) is 1.68. The van der Waals surface area contributed by atoms with Crippen LogP contribution in [0.1, 0.15) is 19.5 Å². The maximum atomic E-state index is 4.30. The standard InChI is InChI=1S/C15H27N5/c1-13(2)20(4)12-11-19-15(16-3)18-10-8-14-7-5-6-9-17-14/h5-7,9,13H,8,10-12H2,1-4H3,(H2,16,18,19). The quantitative estimate of drug-likeness (QED) is 0.579. The first-order chi connectivity index (χ1) is 9.63. The molecule has 112 valence electrons. The van der Waals surface area contributed by atoms with Crippen LogP contribution in [0, 0.1) is 0 Å². The Kier molecular flexibility index (Phi) is 7.65. The molecule has 0 unspecified atom stereocenters. The zero-order valence-corrected chi connectivity index (χ0v) is 13.1. The van der Waals surface area contributed by atoms with Gasteiger partial charge in [0, 0.05) is 51.0 Å². The third-order valence-corrected chi connectivity index (χ3v) is 3.26. The summed E-state index contributed by atoms with van der Waals surface area (Å²) in [4.78, 5) is 10.8. The predicted molar refractivity (Wildman–Crippen MR) is 85.1 cm³/mol. The molecule has 0 aliphatic heterocycles. The molecule has 0 aliphatic carbocycles. The summed E-state index contributed by atoms with van der Waals surface area (Å²) in [7, 11) is 3.92. The van der Waals surface area contributed by atoms with Crippen molar-refractivity contribution in [1.82, 2.24) is 20.5 Å². The van der Waals surface area contributed by atoms with Gasteiger partial charge in [-0.05, 0) is 33.0 Å². The summed E-state index contributed by atoms with van der Waals surface area (Å²) in [6.07, 6.45) is 2.72. The fraction of sp³-hybridized carbons (Fsp3) is 0.600. The van der Waals surface area contributed by atoms with Gasteiger partial charge in [0.05, 0.1) is 0 Å². The first-order valence-electron chi connectivity index (χ1n) is 7.18. The summed E-state index contributed by atoms with van der Waals surface area (Å²) in [6.45, 7) is 7.10. The van der Waals surface area contributed by atoms with Crippen molar-refractivity contribution < 1.29 is 0 Å². The lowest BCUT2D eigenvalue weighted by molar-refractivity contribution is 0.278. The van der Waals surface area contributed by atoms with E-state index in [9.17, 15) is 0 Å². The molecule has 0 atom stereocenters. The lowest BCUT2D eigenvalue weighted by Crippen LogP contribution is -2.42. The van der Waals surface area contributed by atoms with Gasteiger partial charge in [0.25, 0.3) is 0 Å². The monoisotopic (exact) mass is 277 g/mol. The first-order valence-corrected chi connectivity index (χ1v) is 7.18. The van der Waals surface area contributed by atoms with Crippen LogP contribution in [0.25, 0.3) is 0 Å². The zero-order valence-electron chi connectivity index (χ0n) is 13.1. The number of pyridine rings is 1. The van der Waals surface area contributed by atoms with Crippen molar-refractivity contribution in [1.29, 1.82) is 0 Å². The molecular formula is C15H27N5. The van der Waals surface area contributed by atoms with Gasteiger partial charge in [-0.15, -0.1) is 0 Å². The Bertz CT molecular complexity index is 389. The molecule has 1 heterocycles. The van der Waals surface area contributed by atoms with Crippen LogP contribution < -0.4 is 10.6 Å². The van der Waals surface area contributed by atoms with Crippen molar-refractivity contribution in [3.05, 3.63) is 30.1 Å². The average molecular weight is 277 g/mol. The molecule has 1 rings (SSSR count). The summed E-state index contributed by atoms with van der Waals surface area (Å²) in [5.41, 5.74) is 1.09. The van der Waals surface area contributed by atoms with E-state index in [1.54, 1.807) is 7.05 Å². The normalized spacial score (nSPS) is 12.0. The Morgan fingerprint density at radius 3 is 2.65 bits per heavy atom. The van der Waals surface area contributed by atoms with Crippen LogP contribution in [0.15, 0.2) is 29.4 Å². The molecule has 0 saturated carbocycles. The van der Waals surface area contributed by atoms with E-state index >= 15 is 0 Å². The van der Waals surface area contributed by atoms with Crippen LogP contribution in [0.4, 0.5) is 0 Å². The van der Waals surface area contributed by atoms with E-state index in [4.69, 9.17) is 0 Å². The van der Waals surface area contributed by atoms with Gasteiger partial charge >= 0.3 is 0 Å². The lowest BCUT2D eigenvalue weighted by atomic mass is 10.3. The minimum Gasteiger partial charge on any atom is -0.356 e. The van der Waals surface area contributed by atoms with E-state index in [1.165, 1.54) is 0 Å². The van der Waals surface area contributed by atoms with Crippen LogP contribution >= 0.6 is 0 Å². The summed E-state index contributed by atoms with van der Waals surface area (Å²) < 4.78 is 0. The Labute approximate surface area is 122 Å². The first kappa shape index (κ1) is 16.4. The van der Waals surface area contributed by atoms with Crippen LogP contribution in [0.3, 0.4) is 0 Å². The number of aromatic nitrogens is 1. The van der Waals surface area contributed by atoms with Gasteiger partial charge in [0.1, 0.15) is 0 Å². The molecule has 0 spiro atoms. The SMILES string of the molecule is CN=C(NCCc1ccccn1)NCCN(C)C(C)C. The smallest absolute Gasteiger partial charge is 0.191 e. The fourth-order valence-electron chi connectivity index (χ4n) is 1.68. The molecule has 1 aromatic rings. The highest BCUT2D eigenvalue weighted by Crippen LogP contribution is 1.93. The number of nitrogens with zero attached hydrogens (tertiary/aromatic N) is 3. The van der Waals surface area contributed by atoms with Crippen molar-refractivity contribution in [2.24, 2.45) is 4.99 Å². The number of rotatable bonds is 7. The Hall–Kier alpha value is -1.62. The van der Waals surface area contributed by atoms with Gasteiger partial charge in [-0.25, -0.2) is 0 Å². The molecule has 5 nitrogen and oxygen atoms in total. The number of hydrogen-bond acceptors (Lipinski definition) is 3. The molecule has 0 amide bonds. The molecule has 0 aromatic carbocycles. The van der Waals surface area contributed by atoms with E-state index in [1.807, 2.05) is 24.4 Å². The average Bonchev–Trinajstić information content (AvgIpc) is 2.46. The van der Waals surface area contributed by atoms with Gasteiger partial charge in [-0.2, -0.15) is 0 Å². The highest BCUT2D eigenvalue weighted by molar-refractivity contribution is 5.79. The number of nitrogens with one attached hydrogen (secondary N) is 2. The molecule has 2 N–H and O–H groups in total. The molecule has 0 saturated heterocycles. The summed E-state index contributed by atoms with van der Waals surface area (Å²) in [6, 6.07) is 6.55. The second-order valence-corrected chi connectivity index (χ2v) is 5.07. The third kappa shape index (κ3) is 6.52. The Morgan fingerprint density at radius 1 is 1.30 bits per heavy atom. The zero-order chi connectivity index (χ0) is 14.8. The molecule has 0 bridgehead atoms. The molecule has 1 aromatic heterocycles. The second kappa shape index (κ2) is 9.31. The highest BCUT2D eigenvalue weighted by atomic mass is 15.2. The molecule has 20 heavy (non-hydrogen) atoms. The van der Waals surface area contributed by atoms with Crippen molar-refractivity contribution in [2.75, 3.05) is 33.7 Å². The number of aliphatic imine (C=N–C) groups is 1. The Balaban J connectivity index is 2.20. The van der Waals surface area contributed by atoms with Crippen molar-refractivity contribution >= 4 is 5.96 Å². The minimum atomic E-state index is 0.566. The summed E-state index contributed by atoms with van der Waals surface area (Å²) in [5.74, 6) is 0.845. The van der Waals surface area contributed by atoms with Crippen molar-refractivity contribution in [3.63, 3.8) is 0 Å². The summed E-state index contributed by atoms with van der Waals surface area (Å²) in [5, 5.41) is 6.62. The summed E-state index contributed by atoms with van der Waals surface area (Å²) >= 11 is 0. The number of likely N-dealkylation sites (N-methyl/N-ethyl adjacent to an activating group) is 1. The topological polar surface area (TPSA) is 52.6 Å². The maximum absolute atomic E-state index is 4.30. The predicted octanol–water partition coefficient (Wildman–Crippen LogP) is 1.13. The molecule has 5 heteroatoms. The van der Waals surface area contributed by atoms with Crippen LogP contribution in [0.2, 0.25) is 0 Å². The van der Waals surface area contributed by atoms with E-state index < -0.39 is 0 Å². The van der Waals surface area contributed by atoms with Crippen LogP contribution in [0.5, 0.6) is 0 Å². The third-order valence-electron chi connectivity index (χ3n) is 3.26. The van der Waals surface area contributed by atoms with Gasteiger partial charge in [-0.1, -0.05) is 6.07 Å². The number of guanidine groups is 1. The van der Waals surface area contributed by atoms with Gasteiger partial charge in [0.2, 0.25) is 0 Å². The van der Waals surface area contributed by atoms with Crippen molar-refractivity contribution in [3.8, 4) is 0 Å². The molecule has 0 fully saturated rings. The maximum Gasteiger partial charge on any atom is 0.191 e. The van der Waals surface area contributed by atoms with Gasteiger partial charge < -0.3 is 15.5 Å². The molecular weight excluding hydrogens is 250 g/mol. The number of hydrogen-bond donors (Lipinski definition) is 2. The van der Waals surface area contributed by atoms with Gasteiger partial charge in [0.15, 0.2) is 5.96 Å². The van der Waals surface area contributed by atoms with Gasteiger partial charge in [-0.3, -0.25) is 9.98 Å². The van der Waals surface area contributed by atoms with E-state index in [0.29, 0.717) is 6.04 Å².